The normalized spacial score (nSPS) is 12.5. The van der Waals surface area contributed by atoms with Crippen LogP contribution in [0.5, 0.6) is 0 Å². The van der Waals surface area contributed by atoms with Crippen molar-refractivity contribution in [3.05, 3.63) is 77.6 Å². The molecule has 0 aliphatic carbocycles. The predicted molar refractivity (Wildman–Crippen MR) is 78.7 cm³/mol. The second kappa shape index (κ2) is 5.58. The van der Waals surface area contributed by atoms with E-state index >= 15 is 0 Å². The van der Waals surface area contributed by atoms with Crippen molar-refractivity contribution in [1.29, 1.82) is 0 Å². The van der Waals surface area contributed by atoms with Crippen molar-refractivity contribution in [3.63, 3.8) is 0 Å². The zero-order valence-corrected chi connectivity index (χ0v) is 11.3. The first-order valence-electron chi connectivity index (χ1n) is 6.67. The minimum atomic E-state index is -0.584. The van der Waals surface area contributed by atoms with Crippen LogP contribution in [0.1, 0.15) is 17.2 Å². The molecule has 0 fully saturated rings. The van der Waals surface area contributed by atoms with Crippen LogP contribution in [0.15, 0.2) is 54.9 Å². The van der Waals surface area contributed by atoms with Gasteiger partial charge in [-0.2, -0.15) is 0 Å². The van der Waals surface area contributed by atoms with E-state index in [-0.39, 0.29) is 6.04 Å². The van der Waals surface area contributed by atoms with Crippen LogP contribution in [0.2, 0.25) is 0 Å². The summed E-state index contributed by atoms with van der Waals surface area (Å²) in [5.74, 6) is -1.15. The highest BCUT2D eigenvalue weighted by molar-refractivity contribution is 5.85. The van der Waals surface area contributed by atoms with Gasteiger partial charge < -0.3 is 5.73 Å². The maximum absolute atomic E-state index is 13.7. The Bertz CT molecular complexity index is 781. The van der Waals surface area contributed by atoms with Gasteiger partial charge in [-0.15, -0.1) is 0 Å². The Hall–Kier alpha value is -2.33. The summed E-state index contributed by atoms with van der Waals surface area (Å²) in [4.78, 5) is 4.11. The Morgan fingerprint density at radius 2 is 1.95 bits per heavy atom. The third-order valence-electron chi connectivity index (χ3n) is 3.57. The molecule has 1 atom stereocenters. The molecule has 21 heavy (non-hydrogen) atoms. The van der Waals surface area contributed by atoms with Gasteiger partial charge in [-0.25, -0.2) is 8.78 Å². The quantitative estimate of drug-likeness (QED) is 0.795. The lowest BCUT2D eigenvalue weighted by Gasteiger charge is -2.15. The fraction of sp³-hybridized carbons (Fsp3) is 0.118. The molecule has 0 aliphatic heterocycles. The Morgan fingerprint density at radius 1 is 1.10 bits per heavy atom. The Labute approximate surface area is 121 Å². The van der Waals surface area contributed by atoms with Crippen LogP contribution < -0.4 is 5.73 Å². The Balaban J connectivity index is 1.95. The maximum atomic E-state index is 13.7. The molecule has 2 N–H and O–H groups in total. The molecule has 1 unspecified atom stereocenters. The number of halogens is 2. The van der Waals surface area contributed by atoms with Gasteiger partial charge in [0.1, 0.15) is 11.6 Å². The van der Waals surface area contributed by atoms with Crippen molar-refractivity contribution < 1.29 is 8.78 Å². The minimum Gasteiger partial charge on any atom is -0.324 e. The lowest BCUT2D eigenvalue weighted by molar-refractivity contribution is 0.563. The molecule has 0 spiro atoms. The number of aromatic nitrogens is 1. The van der Waals surface area contributed by atoms with Gasteiger partial charge >= 0.3 is 0 Å². The van der Waals surface area contributed by atoms with Gasteiger partial charge in [0.25, 0.3) is 0 Å². The summed E-state index contributed by atoms with van der Waals surface area (Å²) in [6, 6.07) is 10.9. The smallest absolute Gasteiger partial charge is 0.129 e. The molecule has 3 aromatic rings. The zero-order valence-electron chi connectivity index (χ0n) is 11.3. The lowest BCUT2D eigenvalue weighted by Crippen LogP contribution is -2.14. The molecule has 4 heteroatoms. The highest BCUT2D eigenvalue weighted by atomic mass is 19.1. The average molecular weight is 284 g/mol. The summed E-state index contributed by atoms with van der Waals surface area (Å²) >= 11 is 0. The third-order valence-corrected chi connectivity index (χ3v) is 3.57. The van der Waals surface area contributed by atoms with Crippen molar-refractivity contribution in [2.75, 3.05) is 0 Å². The number of fused-ring (bicyclic) bond motifs is 1. The number of hydrogen-bond donors (Lipinski definition) is 1. The molecule has 2 nitrogen and oxygen atoms in total. The molecule has 0 saturated carbocycles. The molecule has 0 amide bonds. The van der Waals surface area contributed by atoms with Crippen molar-refractivity contribution in [2.45, 2.75) is 12.5 Å². The van der Waals surface area contributed by atoms with Gasteiger partial charge in [0.15, 0.2) is 0 Å². The zero-order chi connectivity index (χ0) is 14.8. The largest absolute Gasteiger partial charge is 0.324 e. The molecule has 0 aliphatic rings. The summed E-state index contributed by atoms with van der Waals surface area (Å²) in [6.07, 6.45) is 3.78. The average Bonchev–Trinajstić information content (AvgIpc) is 2.49. The Kier molecular flexibility index (Phi) is 3.62. The van der Waals surface area contributed by atoms with Crippen LogP contribution in [0.25, 0.3) is 10.8 Å². The molecule has 1 aromatic heterocycles. The first-order valence-corrected chi connectivity index (χ1v) is 6.67. The van der Waals surface area contributed by atoms with Gasteiger partial charge in [-0.05, 0) is 35.1 Å². The van der Waals surface area contributed by atoms with E-state index < -0.39 is 11.6 Å². The number of pyridine rings is 1. The van der Waals surface area contributed by atoms with E-state index in [0.29, 0.717) is 12.0 Å². The van der Waals surface area contributed by atoms with E-state index in [4.69, 9.17) is 5.73 Å². The van der Waals surface area contributed by atoms with Crippen molar-refractivity contribution >= 4 is 10.8 Å². The number of nitrogens with two attached hydrogens (primary N) is 1. The van der Waals surface area contributed by atoms with Crippen LogP contribution in [0.3, 0.4) is 0 Å². The van der Waals surface area contributed by atoms with Crippen molar-refractivity contribution in [1.82, 2.24) is 4.98 Å². The SMILES string of the molecule is NC(Cc1ccc(F)cc1F)c1cccc2ccncc12. The van der Waals surface area contributed by atoms with Gasteiger partial charge in [0, 0.05) is 29.9 Å². The summed E-state index contributed by atoms with van der Waals surface area (Å²) in [5.41, 5.74) is 7.53. The first kappa shape index (κ1) is 13.6. The molecular weight excluding hydrogens is 270 g/mol. The van der Waals surface area contributed by atoms with Crippen LogP contribution in [-0.2, 0) is 6.42 Å². The predicted octanol–water partition coefficient (Wildman–Crippen LogP) is 3.76. The maximum Gasteiger partial charge on any atom is 0.129 e. The third kappa shape index (κ3) is 2.76. The van der Waals surface area contributed by atoms with E-state index in [9.17, 15) is 8.78 Å². The summed E-state index contributed by atoms with van der Waals surface area (Å²) < 4.78 is 26.7. The van der Waals surface area contributed by atoms with E-state index in [1.807, 2.05) is 24.3 Å². The molecule has 0 saturated heterocycles. The summed E-state index contributed by atoms with van der Waals surface area (Å²) in [6.45, 7) is 0. The number of nitrogens with zero attached hydrogens (tertiary/aromatic N) is 1. The molecule has 2 aromatic carbocycles. The number of hydrogen-bond acceptors (Lipinski definition) is 2. The van der Waals surface area contributed by atoms with Crippen LogP contribution in [-0.4, -0.2) is 4.98 Å². The van der Waals surface area contributed by atoms with E-state index in [1.54, 1.807) is 12.4 Å². The summed E-state index contributed by atoms with van der Waals surface area (Å²) in [5, 5.41) is 1.99. The van der Waals surface area contributed by atoms with Crippen LogP contribution >= 0.6 is 0 Å². The fourth-order valence-electron chi connectivity index (χ4n) is 2.49. The van der Waals surface area contributed by atoms with Gasteiger partial charge in [-0.1, -0.05) is 24.3 Å². The molecule has 3 rings (SSSR count). The first-order chi connectivity index (χ1) is 10.1. The lowest BCUT2D eigenvalue weighted by atomic mass is 9.95. The molecule has 1 heterocycles. The minimum absolute atomic E-state index is 0.306. The molecular formula is C17H14F2N2. The van der Waals surface area contributed by atoms with Gasteiger partial charge in [0.05, 0.1) is 0 Å². The standard InChI is InChI=1S/C17H14F2N2/c18-13-5-4-12(16(19)9-13)8-17(20)14-3-1-2-11-6-7-21-10-15(11)14/h1-7,9-10,17H,8,20H2. The summed E-state index contributed by atoms with van der Waals surface area (Å²) in [7, 11) is 0. The fourth-order valence-corrected chi connectivity index (χ4v) is 2.49. The molecule has 0 bridgehead atoms. The van der Waals surface area contributed by atoms with Gasteiger partial charge in [0.2, 0.25) is 0 Å². The van der Waals surface area contributed by atoms with Crippen LogP contribution in [0.4, 0.5) is 8.78 Å². The second-order valence-electron chi connectivity index (χ2n) is 4.99. The van der Waals surface area contributed by atoms with E-state index in [0.717, 1.165) is 22.4 Å². The highest BCUT2D eigenvalue weighted by Crippen LogP contribution is 2.25. The van der Waals surface area contributed by atoms with Crippen molar-refractivity contribution in [3.8, 4) is 0 Å². The van der Waals surface area contributed by atoms with E-state index in [1.165, 1.54) is 12.1 Å². The van der Waals surface area contributed by atoms with Gasteiger partial charge in [-0.3, -0.25) is 4.98 Å². The topological polar surface area (TPSA) is 38.9 Å². The van der Waals surface area contributed by atoms with E-state index in [2.05, 4.69) is 4.98 Å². The van der Waals surface area contributed by atoms with Crippen LogP contribution in [0, 0.1) is 11.6 Å². The second-order valence-corrected chi connectivity index (χ2v) is 4.99. The number of benzene rings is 2. The molecule has 0 radical (unpaired) electrons. The monoisotopic (exact) mass is 284 g/mol. The Morgan fingerprint density at radius 3 is 2.76 bits per heavy atom. The molecule has 106 valence electrons. The van der Waals surface area contributed by atoms with Crippen molar-refractivity contribution in [2.24, 2.45) is 5.73 Å². The number of rotatable bonds is 3. The highest BCUT2D eigenvalue weighted by Gasteiger charge is 2.13.